The van der Waals surface area contributed by atoms with E-state index in [1.807, 2.05) is 0 Å². The van der Waals surface area contributed by atoms with Gasteiger partial charge in [0.2, 0.25) is 0 Å². The third-order valence-electron chi connectivity index (χ3n) is 5.29. The number of rotatable bonds is 3. The van der Waals surface area contributed by atoms with Gasteiger partial charge in [-0.1, -0.05) is 59.6 Å². The van der Waals surface area contributed by atoms with Crippen LogP contribution in [-0.2, 0) is 27.3 Å². The van der Waals surface area contributed by atoms with E-state index < -0.39 is 28.7 Å². The molecule has 2 N–H and O–H groups in total. The maximum atomic E-state index is 14.6. The lowest BCUT2D eigenvalue weighted by Gasteiger charge is -2.36. The van der Waals surface area contributed by atoms with Crippen LogP contribution in [0.3, 0.4) is 0 Å². The first-order chi connectivity index (χ1) is 15.5. The van der Waals surface area contributed by atoms with E-state index in [0.29, 0.717) is 15.5 Å². The summed E-state index contributed by atoms with van der Waals surface area (Å²) in [5.74, 6) is -2.59. The van der Waals surface area contributed by atoms with Crippen LogP contribution in [-0.4, -0.2) is 21.3 Å². The third-order valence-corrected chi connectivity index (χ3v) is 6.04. The Kier molecular flexibility index (Phi) is 5.76. The van der Waals surface area contributed by atoms with Crippen molar-refractivity contribution < 1.29 is 22.8 Å². The zero-order chi connectivity index (χ0) is 24.0. The highest BCUT2D eigenvalue weighted by molar-refractivity contribution is 6.37. The summed E-state index contributed by atoms with van der Waals surface area (Å²) in [5, 5.41) is 0.628. The fourth-order valence-electron chi connectivity index (χ4n) is 3.94. The number of hydrogen-bond donors (Lipinski definition) is 1. The van der Waals surface area contributed by atoms with Gasteiger partial charge in [-0.15, -0.1) is 0 Å². The number of hydrogen-bond acceptors (Lipinski definition) is 2. The molecule has 3 aromatic rings. The summed E-state index contributed by atoms with van der Waals surface area (Å²) in [7, 11) is 0. The minimum Gasteiger partial charge on any atom is -0.361 e. The van der Waals surface area contributed by atoms with Crippen molar-refractivity contribution in [2.45, 2.75) is 17.7 Å². The number of nitrogens with two attached hydrogens (primary N) is 1. The van der Waals surface area contributed by atoms with Gasteiger partial charge in [-0.05, 0) is 35.9 Å². The zero-order valence-corrected chi connectivity index (χ0v) is 18.3. The Balaban J connectivity index is 2.03. The fourth-order valence-corrected chi connectivity index (χ4v) is 4.46. The molecule has 10 heteroatoms. The summed E-state index contributed by atoms with van der Waals surface area (Å²) < 4.78 is 44.9. The van der Waals surface area contributed by atoms with Crippen LogP contribution in [0.2, 0.25) is 5.02 Å². The van der Waals surface area contributed by atoms with Crippen molar-refractivity contribution in [2.75, 3.05) is 0 Å². The van der Waals surface area contributed by atoms with Gasteiger partial charge in [-0.3, -0.25) is 14.5 Å². The number of benzene rings is 2. The predicted octanol–water partition coefficient (Wildman–Crippen LogP) is 5.15. The maximum absolute atomic E-state index is 14.6. The van der Waals surface area contributed by atoms with Gasteiger partial charge in [-0.25, -0.2) is 0 Å². The van der Waals surface area contributed by atoms with Gasteiger partial charge in [0, 0.05) is 34.2 Å². The number of carbonyl (C=O) groups is 2. The van der Waals surface area contributed by atoms with Gasteiger partial charge in [0.05, 0.1) is 0 Å². The molecule has 0 fully saturated rings. The number of amides is 2. The minimum absolute atomic E-state index is 0.136. The standard InChI is InChI=1S/C23H16Cl2F3N3O2/c24-15-9-7-14(8-10-15)13-30-17-6-2-1-5-16(17)18(19(30)23(26,27)28)22(25)11-3-4-12-31(22)21(33)20(29)32/h1-12H,13H2,(H2,29,32). The molecule has 0 radical (unpaired) electrons. The molecule has 170 valence electrons. The van der Waals surface area contributed by atoms with E-state index in [0.717, 1.165) is 10.8 Å². The zero-order valence-electron chi connectivity index (χ0n) is 16.8. The summed E-state index contributed by atoms with van der Waals surface area (Å²) in [5.41, 5.74) is 4.54. The summed E-state index contributed by atoms with van der Waals surface area (Å²) in [4.78, 5) is 22.7. The van der Waals surface area contributed by atoms with Crippen LogP contribution in [0.4, 0.5) is 13.2 Å². The van der Waals surface area contributed by atoms with Crippen molar-refractivity contribution in [2.24, 2.45) is 5.73 Å². The number of alkyl halides is 4. The van der Waals surface area contributed by atoms with Crippen LogP contribution in [0.25, 0.3) is 10.9 Å². The minimum atomic E-state index is -4.85. The Morgan fingerprint density at radius 2 is 1.70 bits per heavy atom. The van der Waals surface area contributed by atoms with Gasteiger partial charge in [0.15, 0.2) is 5.00 Å². The number of aromatic nitrogens is 1. The van der Waals surface area contributed by atoms with Crippen molar-refractivity contribution in [3.05, 3.63) is 94.8 Å². The molecule has 1 aliphatic heterocycles. The van der Waals surface area contributed by atoms with Gasteiger partial charge >= 0.3 is 18.0 Å². The van der Waals surface area contributed by atoms with E-state index in [4.69, 9.17) is 28.9 Å². The highest BCUT2D eigenvalue weighted by atomic mass is 35.5. The van der Waals surface area contributed by atoms with E-state index in [1.165, 1.54) is 30.4 Å². The molecule has 1 unspecified atom stereocenters. The van der Waals surface area contributed by atoms with Crippen LogP contribution in [0.1, 0.15) is 16.8 Å². The van der Waals surface area contributed by atoms with Gasteiger partial charge in [0.1, 0.15) is 5.69 Å². The molecule has 4 rings (SSSR count). The van der Waals surface area contributed by atoms with Crippen LogP contribution < -0.4 is 5.73 Å². The first kappa shape index (κ1) is 22.9. The van der Waals surface area contributed by atoms with Crippen LogP contribution in [0.15, 0.2) is 73.0 Å². The quantitative estimate of drug-likeness (QED) is 0.311. The molecule has 0 bridgehead atoms. The molecule has 0 aliphatic carbocycles. The topological polar surface area (TPSA) is 68.3 Å². The first-order valence-electron chi connectivity index (χ1n) is 9.65. The number of primary amides is 1. The number of carbonyl (C=O) groups excluding carboxylic acids is 2. The summed E-state index contributed by atoms with van der Waals surface area (Å²) in [6.07, 6.45) is 0.286. The van der Waals surface area contributed by atoms with E-state index in [9.17, 15) is 22.8 Å². The summed E-state index contributed by atoms with van der Waals surface area (Å²) >= 11 is 12.7. The van der Waals surface area contributed by atoms with Crippen LogP contribution in [0.5, 0.6) is 0 Å². The molecule has 5 nitrogen and oxygen atoms in total. The van der Waals surface area contributed by atoms with Crippen molar-refractivity contribution in [3.63, 3.8) is 0 Å². The first-order valence-corrected chi connectivity index (χ1v) is 10.4. The lowest BCUT2D eigenvalue weighted by molar-refractivity contribution is -0.147. The van der Waals surface area contributed by atoms with Crippen molar-refractivity contribution in [3.8, 4) is 0 Å². The van der Waals surface area contributed by atoms with Crippen molar-refractivity contribution in [1.82, 2.24) is 9.47 Å². The number of allylic oxidation sites excluding steroid dienone is 2. The molecule has 2 aromatic carbocycles. The smallest absolute Gasteiger partial charge is 0.361 e. The molecular formula is C23H16Cl2F3N3O2. The van der Waals surface area contributed by atoms with Crippen molar-refractivity contribution >= 4 is 45.9 Å². The van der Waals surface area contributed by atoms with Gasteiger partial charge in [-0.2, -0.15) is 13.2 Å². The Labute approximate surface area is 196 Å². The lowest BCUT2D eigenvalue weighted by Crippen LogP contribution is -2.48. The summed E-state index contributed by atoms with van der Waals surface area (Å²) in [6, 6.07) is 12.6. The average molecular weight is 494 g/mol. The molecule has 2 heterocycles. The van der Waals surface area contributed by atoms with Crippen LogP contribution >= 0.6 is 23.2 Å². The van der Waals surface area contributed by atoms with Crippen molar-refractivity contribution in [1.29, 1.82) is 0 Å². The predicted molar refractivity (Wildman–Crippen MR) is 119 cm³/mol. The van der Waals surface area contributed by atoms with Gasteiger partial charge < -0.3 is 10.3 Å². The Hall–Kier alpha value is -3.23. The largest absolute Gasteiger partial charge is 0.431 e. The van der Waals surface area contributed by atoms with Gasteiger partial charge in [0.25, 0.3) is 0 Å². The molecule has 1 aliphatic rings. The van der Waals surface area contributed by atoms with Crippen LogP contribution in [0, 0.1) is 0 Å². The number of para-hydroxylation sites is 1. The molecule has 0 spiro atoms. The Morgan fingerprint density at radius 3 is 2.33 bits per heavy atom. The fraction of sp³-hybridized carbons (Fsp3) is 0.130. The normalized spacial score (nSPS) is 18.2. The number of halogens is 5. The molecule has 0 saturated heterocycles. The third kappa shape index (κ3) is 4.00. The molecule has 33 heavy (non-hydrogen) atoms. The number of fused-ring (bicyclic) bond motifs is 1. The second-order valence-corrected chi connectivity index (χ2v) is 8.38. The monoisotopic (exact) mass is 493 g/mol. The highest BCUT2D eigenvalue weighted by Crippen LogP contribution is 2.49. The average Bonchev–Trinajstić information content (AvgIpc) is 3.10. The molecule has 2 amide bonds. The SMILES string of the molecule is NC(=O)C(=O)N1C=CC=CC1(Cl)c1c(C(F)(F)F)n(Cc2ccc(Cl)cc2)c2ccccc12. The molecule has 1 atom stereocenters. The lowest BCUT2D eigenvalue weighted by atomic mass is 9.98. The Morgan fingerprint density at radius 1 is 1.03 bits per heavy atom. The van der Waals surface area contributed by atoms with E-state index in [-0.39, 0.29) is 23.0 Å². The highest BCUT2D eigenvalue weighted by Gasteiger charge is 2.49. The Bertz CT molecular complexity index is 1310. The molecular weight excluding hydrogens is 478 g/mol. The molecule has 1 aromatic heterocycles. The van der Waals surface area contributed by atoms with E-state index in [2.05, 4.69) is 0 Å². The summed E-state index contributed by atoms with van der Waals surface area (Å²) in [6.45, 7) is -0.136. The van der Waals surface area contributed by atoms with E-state index in [1.54, 1.807) is 36.4 Å². The molecule has 0 saturated carbocycles. The second-order valence-electron chi connectivity index (χ2n) is 7.36. The number of nitrogens with zero attached hydrogens (tertiary/aromatic N) is 2. The second kappa shape index (κ2) is 8.28. The van der Waals surface area contributed by atoms with E-state index >= 15 is 0 Å². The maximum Gasteiger partial charge on any atom is 0.431 e.